The van der Waals surface area contributed by atoms with Crippen molar-refractivity contribution in [2.24, 2.45) is 12.0 Å². The van der Waals surface area contributed by atoms with Crippen LogP contribution in [0.25, 0.3) is 0 Å². The molecule has 2 aromatic rings. The third-order valence-electron chi connectivity index (χ3n) is 4.53. The number of likely N-dealkylation sites (tertiary alicyclic amines) is 1. The number of benzene rings is 1. The summed E-state index contributed by atoms with van der Waals surface area (Å²) in [4.78, 5) is 6.76. The summed E-state index contributed by atoms with van der Waals surface area (Å²) in [5, 5.41) is 7.74. The molecule has 1 unspecified atom stereocenters. The van der Waals surface area contributed by atoms with Gasteiger partial charge in [-0.3, -0.25) is 9.67 Å². The van der Waals surface area contributed by atoms with Crippen molar-refractivity contribution in [3.8, 4) is 5.75 Å². The number of halogens is 1. The van der Waals surface area contributed by atoms with Crippen LogP contribution in [0.5, 0.6) is 5.75 Å². The number of rotatable bonds is 4. The van der Waals surface area contributed by atoms with Crippen molar-refractivity contribution >= 4 is 29.9 Å². The maximum Gasteiger partial charge on any atom is 0.193 e. The van der Waals surface area contributed by atoms with Gasteiger partial charge in [-0.05, 0) is 18.1 Å². The van der Waals surface area contributed by atoms with Crippen LogP contribution in [-0.4, -0.2) is 47.9 Å². The molecule has 6 nitrogen and oxygen atoms in total. The van der Waals surface area contributed by atoms with Gasteiger partial charge in [0, 0.05) is 51.4 Å². The predicted molar refractivity (Wildman–Crippen MR) is 111 cm³/mol. The highest BCUT2D eigenvalue weighted by Gasteiger charge is 2.26. The van der Waals surface area contributed by atoms with E-state index in [-0.39, 0.29) is 24.0 Å². The molecule has 1 aliphatic rings. The maximum absolute atomic E-state index is 5.41. The van der Waals surface area contributed by atoms with Gasteiger partial charge in [0.15, 0.2) is 5.96 Å². The Bertz CT molecular complexity index is 715. The molecular weight excluding hydrogens is 429 g/mol. The van der Waals surface area contributed by atoms with E-state index in [0.717, 1.165) is 36.8 Å². The highest BCUT2D eigenvalue weighted by atomic mass is 127. The number of aromatic nitrogens is 2. The van der Waals surface area contributed by atoms with Crippen molar-refractivity contribution < 1.29 is 4.74 Å². The number of nitrogens with zero attached hydrogens (tertiary/aromatic N) is 4. The molecule has 1 N–H and O–H groups in total. The van der Waals surface area contributed by atoms with Crippen LogP contribution < -0.4 is 10.1 Å². The molecule has 0 amide bonds. The fourth-order valence-corrected chi connectivity index (χ4v) is 3.23. The van der Waals surface area contributed by atoms with Gasteiger partial charge in [-0.25, -0.2) is 0 Å². The van der Waals surface area contributed by atoms with Crippen molar-refractivity contribution in [3.63, 3.8) is 0 Å². The van der Waals surface area contributed by atoms with Crippen LogP contribution in [0.15, 0.2) is 41.7 Å². The molecule has 25 heavy (non-hydrogen) atoms. The van der Waals surface area contributed by atoms with Gasteiger partial charge in [-0.2, -0.15) is 5.10 Å². The first-order chi connectivity index (χ1) is 11.7. The van der Waals surface area contributed by atoms with Crippen molar-refractivity contribution in [2.75, 3.05) is 27.2 Å². The Morgan fingerprint density at radius 2 is 2.20 bits per heavy atom. The van der Waals surface area contributed by atoms with Gasteiger partial charge in [0.05, 0.1) is 13.3 Å². The molecule has 3 rings (SSSR count). The van der Waals surface area contributed by atoms with Gasteiger partial charge in [0.2, 0.25) is 0 Å². The Balaban J connectivity index is 0.00000225. The molecule has 0 radical (unpaired) electrons. The minimum atomic E-state index is 0. The molecule has 0 aliphatic carbocycles. The number of hydrogen-bond acceptors (Lipinski definition) is 3. The van der Waals surface area contributed by atoms with Gasteiger partial charge < -0.3 is 15.0 Å². The Morgan fingerprint density at radius 1 is 1.40 bits per heavy atom. The van der Waals surface area contributed by atoms with Crippen molar-refractivity contribution in [1.82, 2.24) is 20.0 Å². The van der Waals surface area contributed by atoms with E-state index in [0.29, 0.717) is 12.5 Å². The second kappa shape index (κ2) is 9.07. The third-order valence-corrected chi connectivity index (χ3v) is 4.53. The van der Waals surface area contributed by atoms with Gasteiger partial charge >= 0.3 is 0 Å². The number of nitrogens with one attached hydrogen (secondary N) is 1. The van der Waals surface area contributed by atoms with Crippen LogP contribution in [0.4, 0.5) is 0 Å². The summed E-state index contributed by atoms with van der Waals surface area (Å²) in [5.74, 6) is 2.35. The Labute approximate surface area is 166 Å². The largest absolute Gasteiger partial charge is 0.496 e. The molecule has 2 heterocycles. The number of aliphatic imine (C=N–C) groups is 1. The Morgan fingerprint density at radius 3 is 2.88 bits per heavy atom. The zero-order valence-electron chi connectivity index (χ0n) is 15.0. The first-order valence-electron chi connectivity index (χ1n) is 8.27. The number of guanidine groups is 1. The van der Waals surface area contributed by atoms with Crippen LogP contribution >= 0.6 is 24.0 Å². The molecule has 0 spiro atoms. The van der Waals surface area contributed by atoms with Crippen molar-refractivity contribution in [3.05, 3.63) is 47.8 Å². The van der Waals surface area contributed by atoms with E-state index in [1.54, 1.807) is 7.11 Å². The number of hydrogen-bond donors (Lipinski definition) is 1. The third kappa shape index (κ3) is 4.65. The summed E-state index contributed by atoms with van der Waals surface area (Å²) in [7, 11) is 5.50. The maximum atomic E-state index is 5.41. The van der Waals surface area contributed by atoms with E-state index >= 15 is 0 Å². The van der Waals surface area contributed by atoms with Gasteiger partial charge in [0.25, 0.3) is 0 Å². The van der Waals surface area contributed by atoms with E-state index < -0.39 is 0 Å². The first kappa shape index (κ1) is 19.6. The first-order valence-corrected chi connectivity index (χ1v) is 8.27. The van der Waals surface area contributed by atoms with E-state index in [4.69, 9.17) is 4.74 Å². The highest BCUT2D eigenvalue weighted by molar-refractivity contribution is 14.0. The van der Waals surface area contributed by atoms with E-state index in [1.807, 2.05) is 43.2 Å². The summed E-state index contributed by atoms with van der Waals surface area (Å²) in [6.45, 7) is 2.67. The molecule has 1 aromatic heterocycles. The van der Waals surface area contributed by atoms with Crippen LogP contribution in [0.2, 0.25) is 0 Å². The van der Waals surface area contributed by atoms with E-state index in [1.165, 1.54) is 5.56 Å². The molecule has 7 heteroatoms. The fraction of sp³-hybridized carbons (Fsp3) is 0.444. The minimum absolute atomic E-state index is 0. The zero-order chi connectivity index (χ0) is 16.9. The molecule has 1 aliphatic heterocycles. The average Bonchev–Trinajstić information content (AvgIpc) is 3.25. The average molecular weight is 455 g/mol. The van der Waals surface area contributed by atoms with Gasteiger partial charge in [-0.15, -0.1) is 24.0 Å². The Kier molecular flexibility index (Phi) is 7.10. The zero-order valence-corrected chi connectivity index (χ0v) is 17.3. The number of para-hydroxylation sites is 1. The predicted octanol–water partition coefficient (Wildman–Crippen LogP) is 2.61. The Hall–Kier alpha value is -1.77. The number of aryl methyl sites for hydroxylation is 1. The lowest BCUT2D eigenvalue weighted by molar-refractivity contribution is 0.408. The van der Waals surface area contributed by atoms with E-state index in [2.05, 4.69) is 32.6 Å². The summed E-state index contributed by atoms with van der Waals surface area (Å²) >= 11 is 0. The summed E-state index contributed by atoms with van der Waals surface area (Å²) in [6, 6.07) is 8.06. The van der Waals surface area contributed by atoms with E-state index in [9.17, 15) is 0 Å². The molecular formula is C18H26IN5O. The van der Waals surface area contributed by atoms with Crippen LogP contribution in [0, 0.1) is 0 Å². The molecule has 1 fully saturated rings. The molecule has 1 saturated heterocycles. The smallest absolute Gasteiger partial charge is 0.193 e. The topological polar surface area (TPSA) is 54.7 Å². The molecule has 0 saturated carbocycles. The minimum Gasteiger partial charge on any atom is -0.496 e. The lowest BCUT2D eigenvalue weighted by Gasteiger charge is -2.22. The van der Waals surface area contributed by atoms with Crippen LogP contribution in [0.1, 0.15) is 23.5 Å². The normalized spacial score (nSPS) is 17.3. The molecule has 1 aromatic carbocycles. The second-order valence-corrected chi connectivity index (χ2v) is 6.09. The summed E-state index contributed by atoms with van der Waals surface area (Å²) in [5.41, 5.74) is 2.43. The monoisotopic (exact) mass is 455 g/mol. The standard InChI is InChI=1S/C18H25N5O.HI/c1-19-18(20-10-14-6-4-5-7-17(14)24-3)23-9-8-15(13-23)16-11-21-22(2)12-16;/h4-7,11-12,15H,8-10,13H2,1-3H3,(H,19,20);1H. The summed E-state index contributed by atoms with van der Waals surface area (Å²) in [6.07, 6.45) is 5.21. The quantitative estimate of drug-likeness (QED) is 0.438. The highest BCUT2D eigenvalue weighted by Crippen LogP contribution is 2.26. The molecule has 136 valence electrons. The molecule has 0 bridgehead atoms. The number of ether oxygens (including phenoxy) is 1. The fourth-order valence-electron chi connectivity index (χ4n) is 3.23. The molecule has 1 atom stereocenters. The van der Waals surface area contributed by atoms with Crippen LogP contribution in [-0.2, 0) is 13.6 Å². The van der Waals surface area contributed by atoms with Crippen LogP contribution in [0.3, 0.4) is 0 Å². The lowest BCUT2D eigenvalue weighted by Crippen LogP contribution is -2.39. The van der Waals surface area contributed by atoms with Crippen molar-refractivity contribution in [2.45, 2.75) is 18.9 Å². The number of methoxy groups -OCH3 is 1. The van der Waals surface area contributed by atoms with Gasteiger partial charge in [0.1, 0.15) is 5.75 Å². The lowest BCUT2D eigenvalue weighted by atomic mass is 10.0. The second-order valence-electron chi connectivity index (χ2n) is 6.09. The van der Waals surface area contributed by atoms with Gasteiger partial charge in [-0.1, -0.05) is 18.2 Å². The summed E-state index contributed by atoms with van der Waals surface area (Å²) < 4.78 is 7.28. The van der Waals surface area contributed by atoms with Crippen molar-refractivity contribution in [1.29, 1.82) is 0 Å². The SMILES string of the molecule is CN=C(NCc1ccccc1OC)N1CCC(c2cnn(C)c2)C1.I.